The number of rotatable bonds is 6. The molecule has 3 N–H and O–H groups in total. The van der Waals surface area contributed by atoms with Crippen LogP contribution in [0.15, 0.2) is 36.7 Å². The van der Waals surface area contributed by atoms with Gasteiger partial charge < -0.3 is 25.3 Å². The third-order valence-electron chi connectivity index (χ3n) is 4.27. The first kappa shape index (κ1) is 19.6. The molecule has 0 aliphatic heterocycles. The molecule has 8 heteroatoms. The Bertz CT molecular complexity index is 1010. The van der Waals surface area contributed by atoms with Gasteiger partial charge in [0.05, 0.1) is 24.9 Å². The summed E-state index contributed by atoms with van der Waals surface area (Å²) in [4.78, 5) is 8.34. The van der Waals surface area contributed by atoms with E-state index in [1.165, 1.54) is 19.0 Å². The van der Waals surface area contributed by atoms with Gasteiger partial charge in [-0.15, -0.1) is 0 Å². The van der Waals surface area contributed by atoms with Crippen LogP contribution in [0.3, 0.4) is 0 Å². The van der Waals surface area contributed by atoms with Crippen LogP contribution in [0.25, 0.3) is 0 Å². The van der Waals surface area contributed by atoms with E-state index >= 15 is 0 Å². The summed E-state index contributed by atoms with van der Waals surface area (Å²) >= 11 is 6.22. The van der Waals surface area contributed by atoms with Gasteiger partial charge in [0.25, 0.3) is 0 Å². The molecule has 0 fully saturated rings. The molecule has 3 rings (SSSR count). The molecule has 146 valence electrons. The Morgan fingerprint density at radius 2 is 1.71 bits per heavy atom. The average molecular weight is 401 g/mol. The van der Waals surface area contributed by atoms with Gasteiger partial charge in [0.2, 0.25) is 5.88 Å². The first-order valence-electron chi connectivity index (χ1n) is 8.47. The molecule has 1 heterocycles. The van der Waals surface area contributed by atoms with Crippen LogP contribution in [0.4, 0.5) is 17.2 Å². The zero-order valence-corrected chi connectivity index (χ0v) is 16.8. The van der Waals surface area contributed by atoms with E-state index in [-0.39, 0.29) is 11.6 Å². The Morgan fingerprint density at radius 3 is 2.39 bits per heavy atom. The van der Waals surface area contributed by atoms with Crippen molar-refractivity contribution in [2.75, 3.05) is 25.3 Å². The summed E-state index contributed by atoms with van der Waals surface area (Å²) in [5, 5.41) is 3.53. The normalized spacial score (nSPS) is 10.5. The molecule has 28 heavy (non-hydrogen) atoms. The van der Waals surface area contributed by atoms with Crippen LogP contribution in [0, 0.1) is 13.8 Å². The summed E-state index contributed by atoms with van der Waals surface area (Å²) in [7, 11) is 3.08. The largest absolute Gasteiger partial charge is 0.495 e. The van der Waals surface area contributed by atoms with Crippen LogP contribution >= 0.6 is 11.6 Å². The quantitative estimate of drug-likeness (QED) is 0.609. The number of aromatic nitrogens is 2. The van der Waals surface area contributed by atoms with E-state index in [2.05, 4.69) is 15.3 Å². The predicted octanol–water partition coefficient (Wildman–Crippen LogP) is 4.88. The molecule has 0 atom stereocenters. The lowest BCUT2D eigenvalue weighted by molar-refractivity contribution is 0.396. The van der Waals surface area contributed by atoms with Gasteiger partial charge in [0, 0.05) is 6.07 Å². The van der Waals surface area contributed by atoms with Crippen LogP contribution in [0.2, 0.25) is 5.02 Å². The highest BCUT2D eigenvalue weighted by atomic mass is 35.5. The summed E-state index contributed by atoms with van der Waals surface area (Å²) in [6.45, 7) is 4.05. The van der Waals surface area contributed by atoms with Crippen molar-refractivity contribution >= 4 is 28.8 Å². The van der Waals surface area contributed by atoms with Crippen molar-refractivity contribution in [3.8, 4) is 23.1 Å². The maximum Gasteiger partial charge on any atom is 0.248 e. The first-order valence-corrected chi connectivity index (χ1v) is 8.84. The lowest BCUT2D eigenvalue weighted by atomic mass is 10.1. The maximum absolute atomic E-state index is 6.22. The predicted molar refractivity (Wildman–Crippen MR) is 110 cm³/mol. The molecule has 0 saturated heterocycles. The molecular weight excluding hydrogens is 380 g/mol. The molecule has 1 aromatic heterocycles. The van der Waals surface area contributed by atoms with E-state index in [0.717, 1.165) is 5.56 Å². The number of halogens is 1. The van der Waals surface area contributed by atoms with Gasteiger partial charge in [0.15, 0.2) is 5.82 Å². The number of benzene rings is 2. The lowest BCUT2D eigenvalue weighted by Crippen LogP contribution is -2.04. The van der Waals surface area contributed by atoms with Crippen LogP contribution in [0.5, 0.6) is 23.1 Å². The topological polar surface area (TPSA) is 91.5 Å². The molecule has 7 nitrogen and oxygen atoms in total. The minimum absolute atomic E-state index is 0.249. The van der Waals surface area contributed by atoms with E-state index in [1.54, 1.807) is 19.2 Å². The third kappa shape index (κ3) is 4.04. The van der Waals surface area contributed by atoms with Crippen LogP contribution in [-0.4, -0.2) is 24.2 Å². The number of anilines is 3. The second kappa shape index (κ2) is 8.22. The SMILES string of the molecule is COc1cc(OC)c(Nc2ncnc(Oc3ccc(C)c(C)c3)c2N)cc1Cl. The standard InChI is InChI=1S/C20H21ClN4O3/c1-11-5-6-13(7-12(11)2)28-20-18(22)19(23-10-24-20)25-15-8-14(21)16(26-3)9-17(15)27-4/h5-10H,22H2,1-4H3,(H,23,24,25). The molecule has 0 saturated carbocycles. The third-order valence-corrected chi connectivity index (χ3v) is 4.56. The number of nitrogens with zero attached hydrogens (tertiary/aromatic N) is 2. The lowest BCUT2D eigenvalue weighted by Gasteiger charge is -2.15. The van der Waals surface area contributed by atoms with Crippen LogP contribution < -0.4 is 25.3 Å². The van der Waals surface area contributed by atoms with Gasteiger partial charge in [-0.05, 0) is 43.2 Å². The minimum atomic E-state index is 0.249. The van der Waals surface area contributed by atoms with Gasteiger partial charge in [-0.2, -0.15) is 4.98 Å². The van der Waals surface area contributed by atoms with Crippen molar-refractivity contribution in [2.24, 2.45) is 0 Å². The number of hydrogen-bond donors (Lipinski definition) is 2. The Balaban J connectivity index is 1.91. The summed E-state index contributed by atoms with van der Waals surface area (Å²) < 4.78 is 16.4. The van der Waals surface area contributed by atoms with Crippen molar-refractivity contribution in [1.82, 2.24) is 9.97 Å². The van der Waals surface area contributed by atoms with Gasteiger partial charge >= 0.3 is 0 Å². The van der Waals surface area contributed by atoms with E-state index in [9.17, 15) is 0 Å². The molecule has 0 spiro atoms. The minimum Gasteiger partial charge on any atom is -0.495 e. The summed E-state index contributed by atoms with van der Waals surface area (Å²) in [5.74, 6) is 2.28. The van der Waals surface area contributed by atoms with Crippen molar-refractivity contribution in [3.05, 3.63) is 52.8 Å². The molecule has 0 aliphatic carbocycles. The Labute approximate surface area is 168 Å². The zero-order valence-electron chi connectivity index (χ0n) is 16.0. The molecule has 0 unspecified atom stereocenters. The van der Waals surface area contributed by atoms with Crippen LogP contribution in [0.1, 0.15) is 11.1 Å². The van der Waals surface area contributed by atoms with E-state index in [0.29, 0.717) is 33.8 Å². The van der Waals surface area contributed by atoms with Crippen LogP contribution in [-0.2, 0) is 0 Å². The maximum atomic E-state index is 6.22. The monoisotopic (exact) mass is 400 g/mol. The number of ether oxygens (including phenoxy) is 3. The molecule has 0 radical (unpaired) electrons. The van der Waals surface area contributed by atoms with Gasteiger partial charge in [0.1, 0.15) is 29.3 Å². The average Bonchev–Trinajstić information content (AvgIpc) is 2.68. The zero-order chi connectivity index (χ0) is 20.3. The summed E-state index contributed by atoms with van der Waals surface area (Å²) in [6.07, 6.45) is 1.37. The second-order valence-corrected chi connectivity index (χ2v) is 6.51. The smallest absolute Gasteiger partial charge is 0.248 e. The summed E-state index contributed by atoms with van der Waals surface area (Å²) in [6, 6.07) is 9.12. The first-order chi connectivity index (χ1) is 13.4. The van der Waals surface area contributed by atoms with Crippen molar-refractivity contribution in [3.63, 3.8) is 0 Å². The van der Waals surface area contributed by atoms with Gasteiger partial charge in [-0.3, -0.25) is 0 Å². The number of aryl methyl sites for hydroxylation is 2. The van der Waals surface area contributed by atoms with E-state index < -0.39 is 0 Å². The molecule has 2 aromatic carbocycles. The van der Waals surface area contributed by atoms with E-state index in [4.69, 9.17) is 31.5 Å². The fraction of sp³-hybridized carbons (Fsp3) is 0.200. The Hall–Kier alpha value is -3.19. The number of nitrogen functional groups attached to an aromatic ring is 1. The van der Waals surface area contributed by atoms with E-state index in [1.807, 2.05) is 32.0 Å². The number of nitrogens with two attached hydrogens (primary N) is 1. The highest BCUT2D eigenvalue weighted by Gasteiger charge is 2.15. The molecule has 0 amide bonds. The summed E-state index contributed by atoms with van der Waals surface area (Å²) in [5.41, 5.74) is 9.35. The second-order valence-electron chi connectivity index (χ2n) is 6.10. The molecule has 3 aromatic rings. The highest BCUT2D eigenvalue weighted by Crippen LogP contribution is 2.39. The number of nitrogens with one attached hydrogen (secondary N) is 1. The Morgan fingerprint density at radius 1 is 0.964 bits per heavy atom. The Kier molecular flexibility index (Phi) is 5.75. The fourth-order valence-electron chi connectivity index (χ4n) is 2.53. The fourth-order valence-corrected chi connectivity index (χ4v) is 2.78. The van der Waals surface area contributed by atoms with Crippen molar-refractivity contribution < 1.29 is 14.2 Å². The molecule has 0 aliphatic rings. The van der Waals surface area contributed by atoms with Crippen molar-refractivity contribution in [1.29, 1.82) is 0 Å². The van der Waals surface area contributed by atoms with Gasteiger partial charge in [-0.25, -0.2) is 4.98 Å². The number of methoxy groups -OCH3 is 2. The van der Waals surface area contributed by atoms with Crippen molar-refractivity contribution in [2.45, 2.75) is 13.8 Å². The molecular formula is C20H21ClN4O3. The van der Waals surface area contributed by atoms with Gasteiger partial charge in [-0.1, -0.05) is 17.7 Å². The number of hydrogen-bond acceptors (Lipinski definition) is 7. The highest BCUT2D eigenvalue weighted by molar-refractivity contribution is 6.32. The molecule has 0 bridgehead atoms.